The van der Waals surface area contributed by atoms with Gasteiger partial charge in [0.15, 0.2) is 0 Å². The topological polar surface area (TPSA) is 126 Å². The van der Waals surface area contributed by atoms with Crippen molar-refractivity contribution in [2.45, 2.75) is 49.9 Å². The number of hydrogen-bond donors (Lipinski definition) is 2. The largest absolute Gasteiger partial charge is 0.352 e. The van der Waals surface area contributed by atoms with E-state index in [-0.39, 0.29) is 41.6 Å². The van der Waals surface area contributed by atoms with Crippen LogP contribution in [-0.4, -0.2) is 51.2 Å². The SMILES string of the molecule is CC(C)NS(=O)(=O)Cc1ccc(CNC(=O)C2CCN(S(=O)(=O)c3cccnc3)CC2)cc1. The van der Waals surface area contributed by atoms with Crippen LogP contribution in [0, 0.1) is 5.92 Å². The van der Waals surface area contributed by atoms with Crippen LogP contribution in [0.15, 0.2) is 53.7 Å². The zero-order chi connectivity index (χ0) is 24.1. The highest BCUT2D eigenvalue weighted by atomic mass is 32.2. The Balaban J connectivity index is 1.48. The molecule has 1 aliphatic rings. The van der Waals surface area contributed by atoms with E-state index < -0.39 is 20.0 Å². The molecule has 0 bridgehead atoms. The third kappa shape index (κ3) is 7.07. The zero-order valence-corrected chi connectivity index (χ0v) is 20.4. The van der Waals surface area contributed by atoms with Gasteiger partial charge >= 0.3 is 0 Å². The Hall–Kier alpha value is -2.34. The quantitative estimate of drug-likeness (QED) is 0.546. The van der Waals surface area contributed by atoms with Gasteiger partial charge < -0.3 is 5.32 Å². The lowest BCUT2D eigenvalue weighted by Gasteiger charge is -2.30. The van der Waals surface area contributed by atoms with E-state index in [9.17, 15) is 21.6 Å². The number of nitrogens with zero attached hydrogens (tertiary/aromatic N) is 2. The summed E-state index contributed by atoms with van der Waals surface area (Å²) in [5.41, 5.74) is 1.53. The Morgan fingerprint density at radius 3 is 2.27 bits per heavy atom. The van der Waals surface area contributed by atoms with Crippen molar-refractivity contribution in [3.05, 3.63) is 59.9 Å². The monoisotopic (exact) mass is 494 g/mol. The van der Waals surface area contributed by atoms with Crippen LogP contribution in [0.25, 0.3) is 0 Å². The third-order valence-corrected chi connectivity index (χ3v) is 8.78. The number of nitrogens with one attached hydrogen (secondary N) is 2. The first-order valence-electron chi connectivity index (χ1n) is 10.8. The predicted octanol–water partition coefficient (Wildman–Crippen LogP) is 1.63. The highest BCUT2D eigenvalue weighted by Gasteiger charge is 2.32. The Labute approximate surface area is 195 Å². The maximum absolute atomic E-state index is 12.7. The molecule has 1 amide bonds. The third-order valence-electron chi connectivity index (χ3n) is 5.36. The van der Waals surface area contributed by atoms with Gasteiger partial charge in [0.2, 0.25) is 26.0 Å². The Morgan fingerprint density at radius 2 is 1.70 bits per heavy atom. The molecule has 0 spiro atoms. The van der Waals surface area contributed by atoms with Gasteiger partial charge in [0.25, 0.3) is 0 Å². The lowest BCUT2D eigenvalue weighted by molar-refractivity contribution is -0.126. The fourth-order valence-corrected chi connectivity index (χ4v) is 6.58. The van der Waals surface area contributed by atoms with E-state index >= 15 is 0 Å². The molecule has 11 heteroatoms. The second-order valence-corrected chi connectivity index (χ2v) is 12.1. The van der Waals surface area contributed by atoms with Crippen LogP contribution in [0.3, 0.4) is 0 Å². The van der Waals surface area contributed by atoms with Gasteiger partial charge in [-0.1, -0.05) is 24.3 Å². The minimum absolute atomic E-state index is 0.0989. The molecule has 3 rings (SSSR count). The van der Waals surface area contributed by atoms with E-state index in [1.165, 1.54) is 22.8 Å². The average molecular weight is 495 g/mol. The van der Waals surface area contributed by atoms with E-state index in [0.29, 0.717) is 24.9 Å². The van der Waals surface area contributed by atoms with Gasteiger partial charge in [-0.2, -0.15) is 4.31 Å². The fourth-order valence-electron chi connectivity index (χ4n) is 3.71. The maximum atomic E-state index is 12.7. The number of aromatic nitrogens is 1. The Bertz CT molecular complexity index is 1140. The molecule has 2 aromatic rings. The van der Waals surface area contributed by atoms with E-state index in [0.717, 1.165) is 5.56 Å². The first-order valence-corrected chi connectivity index (χ1v) is 13.9. The summed E-state index contributed by atoms with van der Waals surface area (Å²) in [4.78, 5) is 16.6. The summed E-state index contributed by atoms with van der Waals surface area (Å²) in [5.74, 6) is -0.462. The summed E-state index contributed by atoms with van der Waals surface area (Å²) in [6.07, 6.45) is 3.75. The van der Waals surface area contributed by atoms with Crippen LogP contribution in [-0.2, 0) is 37.1 Å². The minimum Gasteiger partial charge on any atom is -0.352 e. The van der Waals surface area contributed by atoms with Gasteiger partial charge in [-0.15, -0.1) is 0 Å². The van der Waals surface area contributed by atoms with Crippen LogP contribution in [0.1, 0.15) is 37.8 Å². The van der Waals surface area contributed by atoms with Crippen molar-refractivity contribution in [2.24, 2.45) is 5.92 Å². The van der Waals surface area contributed by atoms with Crippen LogP contribution >= 0.6 is 0 Å². The molecule has 1 aliphatic heterocycles. The number of rotatable bonds is 9. The molecule has 180 valence electrons. The number of piperidine rings is 1. The second-order valence-electron chi connectivity index (χ2n) is 8.43. The molecule has 2 heterocycles. The minimum atomic E-state index is -3.60. The van der Waals surface area contributed by atoms with Crippen molar-refractivity contribution in [2.75, 3.05) is 13.1 Å². The van der Waals surface area contributed by atoms with Gasteiger partial charge in [0, 0.05) is 44.0 Å². The Kier molecular flexibility index (Phi) is 8.22. The number of benzene rings is 1. The summed E-state index contributed by atoms with van der Waals surface area (Å²) in [6, 6.07) is 10.0. The van der Waals surface area contributed by atoms with Crippen molar-refractivity contribution < 1.29 is 21.6 Å². The molecule has 1 fully saturated rings. The van der Waals surface area contributed by atoms with Crippen molar-refractivity contribution in [1.29, 1.82) is 0 Å². The van der Waals surface area contributed by atoms with Crippen LogP contribution in [0.5, 0.6) is 0 Å². The van der Waals surface area contributed by atoms with Gasteiger partial charge in [0.1, 0.15) is 4.90 Å². The van der Waals surface area contributed by atoms with Crippen molar-refractivity contribution in [3.8, 4) is 0 Å². The number of pyridine rings is 1. The molecule has 0 aliphatic carbocycles. The normalized spacial score (nSPS) is 16.1. The molecule has 0 radical (unpaired) electrons. The fraction of sp³-hybridized carbons (Fsp3) is 0.455. The van der Waals surface area contributed by atoms with Gasteiger partial charge in [-0.25, -0.2) is 21.6 Å². The molecule has 33 heavy (non-hydrogen) atoms. The second kappa shape index (κ2) is 10.7. The zero-order valence-electron chi connectivity index (χ0n) is 18.8. The molecule has 0 saturated carbocycles. The highest BCUT2D eigenvalue weighted by Crippen LogP contribution is 2.23. The summed E-state index contributed by atoms with van der Waals surface area (Å²) in [5, 5.41) is 2.90. The average Bonchev–Trinajstić information content (AvgIpc) is 2.78. The van der Waals surface area contributed by atoms with Crippen molar-refractivity contribution >= 4 is 26.0 Å². The van der Waals surface area contributed by atoms with E-state index in [1.54, 1.807) is 44.2 Å². The molecule has 1 saturated heterocycles. The number of sulfonamides is 2. The summed E-state index contributed by atoms with van der Waals surface area (Å²) >= 11 is 0. The summed E-state index contributed by atoms with van der Waals surface area (Å²) < 4.78 is 53.4. The van der Waals surface area contributed by atoms with Crippen LogP contribution < -0.4 is 10.0 Å². The van der Waals surface area contributed by atoms with Gasteiger partial charge in [-0.3, -0.25) is 9.78 Å². The molecule has 0 atom stereocenters. The van der Waals surface area contributed by atoms with Gasteiger partial charge in [-0.05, 0) is 49.9 Å². The smallest absolute Gasteiger partial charge is 0.244 e. The Morgan fingerprint density at radius 1 is 1.06 bits per heavy atom. The first kappa shape index (κ1) is 25.3. The molecule has 1 aromatic heterocycles. The molecular formula is C22H30N4O5S2. The lowest BCUT2D eigenvalue weighted by Crippen LogP contribution is -2.42. The first-order chi connectivity index (χ1) is 15.6. The molecule has 2 N–H and O–H groups in total. The van der Waals surface area contributed by atoms with E-state index in [1.807, 2.05) is 0 Å². The summed E-state index contributed by atoms with van der Waals surface area (Å²) in [6.45, 7) is 4.43. The summed E-state index contributed by atoms with van der Waals surface area (Å²) in [7, 11) is -6.99. The molecular weight excluding hydrogens is 464 g/mol. The van der Waals surface area contributed by atoms with Gasteiger partial charge in [0.05, 0.1) is 5.75 Å². The van der Waals surface area contributed by atoms with Crippen molar-refractivity contribution in [1.82, 2.24) is 19.3 Å². The molecule has 1 aromatic carbocycles. The number of hydrogen-bond acceptors (Lipinski definition) is 6. The van der Waals surface area contributed by atoms with Crippen LogP contribution in [0.4, 0.5) is 0 Å². The predicted molar refractivity (Wildman–Crippen MR) is 125 cm³/mol. The van der Waals surface area contributed by atoms with E-state index in [2.05, 4.69) is 15.0 Å². The highest BCUT2D eigenvalue weighted by molar-refractivity contribution is 7.89. The van der Waals surface area contributed by atoms with Crippen molar-refractivity contribution in [3.63, 3.8) is 0 Å². The molecule has 0 unspecified atom stereocenters. The molecule has 9 nitrogen and oxygen atoms in total. The lowest BCUT2D eigenvalue weighted by atomic mass is 9.97. The standard InChI is InChI=1S/C22H30N4O5S2/c1-17(2)25-32(28,29)16-19-7-5-18(6-8-19)14-24-22(27)20-9-12-26(13-10-20)33(30,31)21-4-3-11-23-15-21/h3-8,11,15,17,20,25H,9-10,12-14,16H2,1-2H3,(H,24,27). The van der Waals surface area contributed by atoms with Crippen LogP contribution in [0.2, 0.25) is 0 Å². The van der Waals surface area contributed by atoms with E-state index in [4.69, 9.17) is 0 Å². The maximum Gasteiger partial charge on any atom is 0.244 e. The number of amides is 1. The number of carbonyl (C=O) groups excluding carboxylic acids is 1. The number of carbonyl (C=O) groups is 1.